The van der Waals surface area contributed by atoms with E-state index in [0.717, 1.165) is 15.7 Å². The van der Waals surface area contributed by atoms with Gasteiger partial charge in [0.1, 0.15) is 11.6 Å². The minimum atomic E-state index is 0.152. The highest BCUT2D eigenvalue weighted by Gasteiger charge is 2.03. The van der Waals surface area contributed by atoms with Crippen molar-refractivity contribution in [3.05, 3.63) is 34.3 Å². The van der Waals surface area contributed by atoms with Crippen LogP contribution in [0, 0.1) is 6.92 Å². The molecule has 1 heterocycles. The van der Waals surface area contributed by atoms with Crippen LogP contribution in [0.4, 0.5) is 23.3 Å². The molecule has 0 aliphatic rings. The van der Waals surface area contributed by atoms with Crippen LogP contribution in [-0.4, -0.2) is 9.97 Å². The molecule has 2 rings (SSSR count). The van der Waals surface area contributed by atoms with E-state index in [-0.39, 0.29) is 5.95 Å². The van der Waals surface area contributed by atoms with Gasteiger partial charge in [-0.25, -0.2) is 5.84 Å². The largest absolute Gasteiger partial charge is 0.368 e. The topological polar surface area (TPSA) is 102 Å². The van der Waals surface area contributed by atoms with Gasteiger partial charge in [-0.15, -0.1) is 0 Å². The minimum Gasteiger partial charge on any atom is -0.368 e. The highest BCUT2D eigenvalue weighted by atomic mass is 79.9. The molecule has 6 nitrogen and oxygen atoms in total. The summed E-state index contributed by atoms with van der Waals surface area (Å²) in [5.74, 6) is 6.48. The monoisotopic (exact) mass is 308 g/mol. The maximum absolute atomic E-state index is 5.58. The molecule has 0 radical (unpaired) electrons. The molecule has 1 aromatic carbocycles. The molecule has 0 aliphatic carbocycles. The van der Waals surface area contributed by atoms with Crippen molar-refractivity contribution in [1.29, 1.82) is 0 Å². The van der Waals surface area contributed by atoms with E-state index < -0.39 is 0 Å². The van der Waals surface area contributed by atoms with E-state index in [9.17, 15) is 0 Å². The Morgan fingerprint density at radius 3 is 2.56 bits per heavy atom. The molecule has 7 heteroatoms. The number of anilines is 4. The number of hydrogen-bond acceptors (Lipinski definition) is 6. The van der Waals surface area contributed by atoms with Crippen molar-refractivity contribution in [1.82, 2.24) is 9.97 Å². The Kier molecular flexibility index (Phi) is 3.63. The van der Waals surface area contributed by atoms with Gasteiger partial charge in [0.05, 0.1) is 0 Å². The molecule has 0 aliphatic heterocycles. The number of nitrogens with two attached hydrogens (primary N) is 2. The lowest BCUT2D eigenvalue weighted by atomic mass is 10.2. The zero-order chi connectivity index (χ0) is 13.1. The van der Waals surface area contributed by atoms with Crippen LogP contribution in [-0.2, 0) is 0 Å². The summed E-state index contributed by atoms with van der Waals surface area (Å²) in [7, 11) is 0. The first-order chi connectivity index (χ1) is 8.58. The minimum absolute atomic E-state index is 0.152. The van der Waals surface area contributed by atoms with Gasteiger partial charge in [0.15, 0.2) is 0 Å². The lowest BCUT2D eigenvalue weighted by Crippen LogP contribution is -2.11. The normalized spacial score (nSPS) is 10.2. The first-order valence-electron chi connectivity index (χ1n) is 5.23. The second-order valence-corrected chi connectivity index (χ2v) is 4.58. The Hall–Kier alpha value is -1.86. The van der Waals surface area contributed by atoms with Crippen LogP contribution in [0.15, 0.2) is 28.7 Å². The quantitative estimate of drug-likeness (QED) is 0.512. The van der Waals surface area contributed by atoms with Crippen LogP contribution >= 0.6 is 15.9 Å². The number of halogens is 1. The van der Waals surface area contributed by atoms with Crippen LogP contribution < -0.4 is 22.3 Å². The van der Waals surface area contributed by atoms with E-state index in [4.69, 9.17) is 11.6 Å². The third-order valence-corrected chi connectivity index (χ3v) is 3.19. The summed E-state index contributed by atoms with van der Waals surface area (Å²) in [5, 5.41) is 3.13. The van der Waals surface area contributed by atoms with Crippen molar-refractivity contribution in [3.63, 3.8) is 0 Å². The number of hydrazine groups is 1. The highest BCUT2D eigenvalue weighted by molar-refractivity contribution is 9.10. The number of rotatable bonds is 3. The lowest BCUT2D eigenvalue weighted by Gasteiger charge is -2.09. The third kappa shape index (κ3) is 2.88. The first-order valence-corrected chi connectivity index (χ1v) is 6.02. The Balaban J connectivity index is 2.27. The van der Waals surface area contributed by atoms with E-state index in [2.05, 4.69) is 36.6 Å². The molecule has 0 bridgehead atoms. The van der Waals surface area contributed by atoms with Gasteiger partial charge in [0, 0.05) is 16.2 Å². The van der Waals surface area contributed by atoms with E-state index >= 15 is 0 Å². The van der Waals surface area contributed by atoms with Gasteiger partial charge in [-0.2, -0.15) is 9.97 Å². The molecule has 0 saturated heterocycles. The van der Waals surface area contributed by atoms with Gasteiger partial charge in [0.2, 0.25) is 5.95 Å². The smallest absolute Gasteiger partial charge is 0.223 e. The number of aryl methyl sites for hydroxylation is 1. The van der Waals surface area contributed by atoms with Crippen molar-refractivity contribution in [2.24, 2.45) is 5.84 Å². The maximum atomic E-state index is 5.58. The van der Waals surface area contributed by atoms with Gasteiger partial charge in [-0.1, -0.05) is 22.0 Å². The molecule has 1 aromatic heterocycles. The summed E-state index contributed by atoms with van der Waals surface area (Å²) in [6.07, 6.45) is 0. The van der Waals surface area contributed by atoms with Gasteiger partial charge in [-0.05, 0) is 24.6 Å². The fourth-order valence-corrected chi connectivity index (χ4v) is 1.80. The zero-order valence-corrected chi connectivity index (χ0v) is 11.3. The van der Waals surface area contributed by atoms with Crippen LogP contribution in [0.5, 0.6) is 0 Å². The summed E-state index contributed by atoms with van der Waals surface area (Å²) in [4.78, 5) is 7.98. The molecule has 18 heavy (non-hydrogen) atoms. The maximum Gasteiger partial charge on any atom is 0.223 e. The fourth-order valence-electron chi connectivity index (χ4n) is 1.42. The summed E-state index contributed by atoms with van der Waals surface area (Å²) in [6.45, 7) is 2.02. The SMILES string of the molecule is Cc1ccc(Nc2cc(NN)nc(N)n2)cc1Br. The molecule has 2 aromatic rings. The van der Waals surface area contributed by atoms with Gasteiger partial charge in [-0.3, -0.25) is 0 Å². The van der Waals surface area contributed by atoms with Crippen LogP contribution in [0.2, 0.25) is 0 Å². The molecule has 6 N–H and O–H groups in total. The predicted octanol–water partition coefficient (Wildman–Crippen LogP) is 2.16. The third-order valence-electron chi connectivity index (χ3n) is 2.34. The summed E-state index contributed by atoms with van der Waals surface area (Å²) < 4.78 is 1.02. The van der Waals surface area contributed by atoms with Crippen molar-refractivity contribution < 1.29 is 0 Å². The average Bonchev–Trinajstić information content (AvgIpc) is 2.33. The second kappa shape index (κ2) is 5.19. The van der Waals surface area contributed by atoms with Gasteiger partial charge < -0.3 is 16.5 Å². The van der Waals surface area contributed by atoms with Crippen molar-refractivity contribution in [2.75, 3.05) is 16.5 Å². The lowest BCUT2D eigenvalue weighted by molar-refractivity contribution is 1.15. The van der Waals surface area contributed by atoms with E-state index in [1.54, 1.807) is 6.07 Å². The molecule has 0 atom stereocenters. The number of hydrogen-bond donors (Lipinski definition) is 4. The summed E-state index contributed by atoms with van der Waals surface area (Å²) in [6, 6.07) is 7.58. The Morgan fingerprint density at radius 1 is 1.17 bits per heavy atom. The highest BCUT2D eigenvalue weighted by Crippen LogP contribution is 2.23. The molecule has 0 spiro atoms. The molecule has 0 amide bonds. The molecular formula is C11H13BrN6. The molecule has 0 unspecified atom stereocenters. The number of aromatic nitrogens is 2. The van der Waals surface area contributed by atoms with Crippen molar-refractivity contribution in [2.45, 2.75) is 6.92 Å². The van der Waals surface area contributed by atoms with Gasteiger partial charge >= 0.3 is 0 Å². The van der Waals surface area contributed by atoms with Crippen LogP contribution in [0.1, 0.15) is 5.56 Å². The number of nitrogens with one attached hydrogen (secondary N) is 2. The standard InChI is InChI=1S/C11H13BrN6/c1-6-2-3-7(4-8(6)12)15-9-5-10(18-14)17-11(13)16-9/h2-5H,14H2,1H3,(H4,13,15,16,17,18). The summed E-state index contributed by atoms with van der Waals surface area (Å²) >= 11 is 3.47. The predicted molar refractivity (Wildman–Crippen MR) is 76.4 cm³/mol. The number of nitrogen functional groups attached to an aromatic ring is 2. The summed E-state index contributed by atoms with van der Waals surface area (Å²) in [5.41, 5.74) is 10.1. The number of nitrogens with zero attached hydrogens (tertiary/aromatic N) is 2. The second-order valence-electron chi connectivity index (χ2n) is 3.73. The average molecular weight is 309 g/mol. The Bertz CT molecular complexity index is 571. The van der Waals surface area contributed by atoms with Gasteiger partial charge in [0.25, 0.3) is 0 Å². The fraction of sp³-hybridized carbons (Fsp3) is 0.0909. The van der Waals surface area contributed by atoms with Crippen molar-refractivity contribution >= 4 is 39.2 Å². The van der Waals surface area contributed by atoms with E-state index in [0.29, 0.717) is 11.6 Å². The number of benzene rings is 1. The van der Waals surface area contributed by atoms with E-state index in [1.165, 1.54) is 0 Å². The molecule has 94 valence electrons. The Labute approximate surface area is 113 Å². The molecule has 0 saturated carbocycles. The van der Waals surface area contributed by atoms with Crippen LogP contribution in [0.3, 0.4) is 0 Å². The van der Waals surface area contributed by atoms with E-state index in [1.807, 2.05) is 25.1 Å². The Morgan fingerprint density at radius 2 is 1.89 bits per heavy atom. The van der Waals surface area contributed by atoms with Crippen molar-refractivity contribution in [3.8, 4) is 0 Å². The zero-order valence-electron chi connectivity index (χ0n) is 9.74. The molecular weight excluding hydrogens is 296 g/mol. The first kappa shape index (κ1) is 12.6. The van der Waals surface area contributed by atoms with Crippen LogP contribution in [0.25, 0.3) is 0 Å². The molecule has 0 fully saturated rings.